The van der Waals surface area contributed by atoms with Crippen LogP contribution in [0.5, 0.6) is 0 Å². The number of hydrogen-bond acceptors (Lipinski definition) is 4. The summed E-state index contributed by atoms with van der Waals surface area (Å²) in [5, 5.41) is 0. The van der Waals surface area contributed by atoms with Crippen molar-refractivity contribution in [1.29, 1.82) is 0 Å². The van der Waals surface area contributed by atoms with E-state index in [0.717, 1.165) is 0 Å². The molecule has 0 atom stereocenters. The van der Waals surface area contributed by atoms with E-state index in [0.29, 0.717) is 16.9 Å². The Balaban J connectivity index is 2.83. The Morgan fingerprint density at radius 1 is 1.18 bits per heavy atom. The van der Waals surface area contributed by atoms with Gasteiger partial charge in [0, 0.05) is 0 Å². The molecule has 0 aromatic carbocycles. The Labute approximate surface area is 63.4 Å². The summed E-state index contributed by atoms with van der Waals surface area (Å²) in [6, 6.07) is 0. The molecule has 4 nitrogen and oxygen atoms in total. The zero-order chi connectivity index (χ0) is 7.68. The molecule has 0 aliphatic heterocycles. The Bertz CT molecular complexity index is 385. The molecular weight excluding hydrogens is 140 g/mol. The van der Waals surface area contributed by atoms with Gasteiger partial charge in [-0.15, -0.1) is 0 Å². The smallest absolute Gasteiger partial charge is 0.181 e. The Morgan fingerprint density at radius 3 is 3.00 bits per heavy atom. The van der Waals surface area contributed by atoms with Crippen molar-refractivity contribution in [3.63, 3.8) is 0 Å². The second kappa shape index (κ2) is 2.23. The number of rotatable bonds is 0. The van der Waals surface area contributed by atoms with Crippen molar-refractivity contribution < 1.29 is 0 Å². The topological polar surface area (TPSA) is 51.6 Å². The molecule has 4 heteroatoms. The quantitative estimate of drug-likeness (QED) is 0.544. The molecule has 0 spiro atoms. The lowest BCUT2D eigenvalue weighted by Crippen LogP contribution is -1.89. The first-order chi connectivity index (χ1) is 5.36. The summed E-state index contributed by atoms with van der Waals surface area (Å²) in [6.45, 7) is 3.64. The molecule has 0 fully saturated rings. The van der Waals surface area contributed by atoms with E-state index in [1.54, 1.807) is 12.4 Å². The Kier molecular flexibility index (Phi) is 1.25. The van der Waals surface area contributed by atoms with Crippen LogP contribution in [0, 0.1) is 6.92 Å². The fourth-order valence-electron chi connectivity index (χ4n) is 0.813. The van der Waals surface area contributed by atoms with Crippen LogP contribution in [-0.2, 0) is 0 Å². The van der Waals surface area contributed by atoms with Gasteiger partial charge in [-0.3, -0.25) is 0 Å². The second-order valence-corrected chi connectivity index (χ2v) is 2.09. The molecule has 53 valence electrons. The predicted octanol–water partition coefficient (Wildman–Crippen LogP) is 0.602. The van der Waals surface area contributed by atoms with E-state index in [2.05, 4.69) is 26.9 Å². The standard InChI is InChI=1S/C7H5N4/c1-5-2-9-7-6(11-5)3-8-4-10-7/h2-4H,1H2. The number of aromatic nitrogens is 4. The van der Waals surface area contributed by atoms with Crippen LogP contribution < -0.4 is 0 Å². The zero-order valence-electron chi connectivity index (χ0n) is 5.73. The second-order valence-electron chi connectivity index (χ2n) is 2.09. The van der Waals surface area contributed by atoms with E-state index >= 15 is 0 Å². The van der Waals surface area contributed by atoms with Crippen molar-refractivity contribution in [3.8, 4) is 0 Å². The largest absolute Gasteiger partial charge is 0.246 e. The van der Waals surface area contributed by atoms with Gasteiger partial charge in [-0.2, -0.15) is 0 Å². The minimum atomic E-state index is 0.604. The van der Waals surface area contributed by atoms with Crippen LogP contribution in [0.1, 0.15) is 5.69 Å². The Hall–Kier alpha value is -1.58. The molecule has 0 unspecified atom stereocenters. The van der Waals surface area contributed by atoms with E-state index in [1.807, 2.05) is 0 Å². The van der Waals surface area contributed by atoms with E-state index < -0.39 is 0 Å². The summed E-state index contributed by atoms with van der Waals surface area (Å²) >= 11 is 0. The molecule has 2 heterocycles. The summed E-state index contributed by atoms with van der Waals surface area (Å²) in [7, 11) is 0. The lowest BCUT2D eigenvalue weighted by Gasteiger charge is -1.93. The van der Waals surface area contributed by atoms with E-state index in [-0.39, 0.29) is 0 Å². The van der Waals surface area contributed by atoms with Gasteiger partial charge < -0.3 is 0 Å². The minimum absolute atomic E-state index is 0.604. The number of nitrogens with zero attached hydrogens (tertiary/aromatic N) is 4. The van der Waals surface area contributed by atoms with Crippen molar-refractivity contribution >= 4 is 11.2 Å². The molecule has 0 saturated heterocycles. The third kappa shape index (κ3) is 1.02. The minimum Gasteiger partial charge on any atom is -0.246 e. The first-order valence-corrected chi connectivity index (χ1v) is 3.11. The molecule has 0 bridgehead atoms. The summed E-state index contributed by atoms with van der Waals surface area (Å²) in [4.78, 5) is 15.8. The van der Waals surface area contributed by atoms with Crippen molar-refractivity contribution in [2.24, 2.45) is 0 Å². The molecule has 2 rings (SSSR count). The third-order valence-corrected chi connectivity index (χ3v) is 1.27. The molecule has 2 aromatic rings. The van der Waals surface area contributed by atoms with Gasteiger partial charge in [-0.1, -0.05) is 0 Å². The van der Waals surface area contributed by atoms with Crippen molar-refractivity contribution in [2.75, 3.05) is 0 Å². The summed E-state index contributed by atoms with van der Waals surface area (Å²) < 4.78 is 0. The van der Waals surface area contributed by atoms with Gasteiger partial charge in [0.1, 0.15) is 11.8 Å². The monoisotopic (exact) mass is 145 g/mol. The first-order valence-electron chi connectivity index (χ1n) is 3.11. The molecular formula is C7H5N4. The third-order valence-electron chi connectivity index (χ3n) is 1.27. The molecule has 0 amide bonds. The molecule has 2 aromatic heterocycles. The lowest BCUT2D eigenvalue weighted by molar-refractivity contribution is 1.13. The van der Waals surface area contributed by atoms with Gasteiger partial charge >= 0.3 is 0 Å². The lowest BCUT2D eigenvalue weighted by atomic mass is 10.4. The van der Waals surface area contributed by atoms with Crippen molar-refractivity contribution in [3.05, 3.63) is 31.3 Å². The predicted molar refractivity (Wildman–Crippen MR) is 39.6 cm³/mol. The average Bonchev–Trinajstić information content (AvgIpc) is 2.04. The Morgan fingerprint density at radius 2 is 2.09 bits per heavy atom. The van der Waals surface area contributed by atoms with Gasteiger partial charge in [0.05, 0.1) is 18.1 Å². The van der Waals surface area contributed by atoms with Crippen LogP contribution >= 0.6 is 0 Å². The highest BCUT2D eigenvalue weighted by Gasteiger charge is 1.94. The summed E-state index contributed by atoms with van der Waals surface area (Å²) in [5.41, 5.74) is 1.92. The normalized spacial score (nSPS) is 10.3. The van der Waals surface area contributed by atoms with E-state index in [9.17, 15) is 0 Å². The zero-order valence-corrected chi connectivity index (χ0v) is 5.73. The molecule has 0 aliphatic carbocycles. The van der Waals surface area contributed by atoms with E-state index in [1.165, 1.54) is 6.33 Å². The van der Waals surface area contributed by atoms with E-state index in [4.69, 9.17) is 0 Å². The fourth-order valence-corrected chi connectivity index (χ4v) is 0.813. The molecule has 0 N–H and O–H groups in total. The van der Waals surface area contributed by atoms with Crippen LogP contribution in [-0.4, -0.2) is 19.9 Å². The van der Waals surface area contributed by atoms with Gasteiger partial charge in [0.15, 0.2) is 5.65 Å². The first kappa shape index (κ1) is 6.15. The van der Waals surface area contributed by atoms with Crippen LogP contribution in [0.2, 0.25) is 0 Å². The van der Waals surface area contributed by atoms with Crippen LogP contribution in [0.25, 0.3) is 11.2 Å². The highest BCUT2D eigenvalue weighted by Crippen LogP contribution is 2.01. The highest BCUT2D eigenvalue weighted by molar-refractivity contribution is 5.67. The fraction of sp³-hybridized carbons (Fsp3) is 0. The summed E-state index contributed by atoms with van der Waals surface area (Å²) in [5.74, 6) is 0. The molecule has 0 saturated carbocycles. The highest BCUT2D eigenvalue weighted by atomic mass is 14.9. The maximum absolute atomic E-state index is 4.08. The maximum Gasteiger partial charge on any atom is 0.181 e. The molecule has 1 radical (unpaired) electrons. The van der Waals surface area contributed by atoms with Crippen molar-refractivity contribution in [2.45, 2.75) is 0 Å². The van der Waals surface area contributed by atoms with Gasteiger partial charge in [-0.25, -0.2) is 19.9 Å². The van der Waals surface area contributed by atoms with Gasteiger partial charge in [0.2, 0.25) is 0 Å². The van der Waals surface area contributed by atoms with Crippen molar-refractivity contribution in [1.82, 2.24) is 19.9 Å². The SMILES string of the molecule is [CH2]c1cnc2ncncc2n1. The van der Waals surface area contributed by atoms with Crippen LogP contribution in [0.4, 0.5) is 0 Å². The molecule has 0 aliphatic rings. The average molecular weight is 145 g/mol. The van der Waals surface area contributed by atoms with Crippen LogP contribution in [0.3, 0.4) is 0 Å². The van der Waals surface area contributed by atoms with Gasteiger partial charge in [0.25, 0.3) is 0 Å². The van der Waals surface area contributed by atoms with Crippen LogP contribution in [0.15, 0.2) is 18.7 Å². The number of hydrogen-bond donors (Lipinski definition) is 0. The summed E-state index contributed by atoms with van der Waals surface area (Å²) in [6.07, 6.45) is 4.64. The number of fused-ring (bicyclic) bond motifs is 1. The maximum atomic E-state index is 4.08. The van der Waals surface area contributed by atoms with Gasteiger partial charge in [-0.05, 0) is 6.92 Å². The molecule has 11 heavy (non-hydrogen) atoms.